The summed E-state index contributed by atoms with van der Waals surface area (Å²) in [5, 5.41) is 10.7. The zero-order chi connectivity index (χ0) is 13.3. The number of aryl methyl sites for hydroxylation is 2. The number of hydrogen-bond acceptors (Lipinski definition) is 2. The number of aliphatic hydroxyl groups excluding tert-OH is 1. The third-order valence-electron chi connectivity index (χ3n) is 4.76. The molecule has 18 heavy (non-hydrogen) atoms. The van der Waals surface area contributed by atoms with E-state index in [9.17, 15) is 5.11 Å². The third kappa shape index (κ3) is 2.49. The van der Waals surface area contributed by atoms with E-state index in [1.807, 2.05) is 13.8 Å². The average Bonchev–Trinajstić information content (AvgIpc) is 2.62. The molecule has 2 nitrogen and oxygen atoms in total. The van der Waals surface area contributed by atoms with Gasteiger partial charge in [0.2, 0.25) is 0 Å². The Morgan fingerprint density at radius 3 is 2.50 bits per heavy atom. The van der Waals surface area contributed by atoms with Gasteiger partial charge in [-0.25, -0.2) is 0 Å². The van der Waals surface area contributed by atoms with Crippen molar-refractivity contribution in [2.45, 2.75) is 65.9 Å². The fourth-order valence-corrected chi connectivity index (χ4v) is 3.47. The van der Waals surface area contributed by atoms with Crippen molar-refractivity contribution in [2.24, 2.45) is 11.8 Å². The van der Waals surface area contributed by atoms with Gasteiger partial charge in [-0.05, 0) is 51.0 Å². The van der Waals surface area contributed by atoms with E-state index in [1.54, 1.807) is 0 Å². The summed E-state index contributed by atoms with van der Waals surface area (Å²) < 4.78 is 5.65. The summed E-state index contributed by atoms with van der Waals surface area (Å²) in [4.78, 5) is 0. The Morgan fingerprint density at radius 1 is 1.22 bits per heavy atom. The van der Waals surface area contributed by atoms with Gasteiger partial charge in [-0.15, -0.1) is 0 Å². The molecule has 2 rings (SSSR count). The predicted octanol–water partition coefficient (Wildman–Crippen LogP) is 4.45. The third-order valence-corrected chi connectivity index (χ3v) is 4.76. The monoisotopic (exact) mass is 250 g/mol. The molecule has 1 aromatic heterocycles. The van der Waals surface area contributed by atoms with Crippen LogP contribution in [0.1, 0.15) is 67.8 Å². The van der Waals surface area contributed by atoms with Gasteiger partial charge in [-0.2, -0.15) is 0 Å². The first-order chi connectivity index (χ1) is 8.54. The smallest absolute Gasteiger partial charge is 0.107 e. The van der Waals surface area contributed by atoms with Gasteiger partial charge in [0.1, 0.15) is 11.5 Å². The molecule has 0 spiro atoms. The zero-order valence-corrected chi connectivity index (χ0v) is 12.1. The Hall–Kier alpha value is -0.760. The molecule has 0 radical (unpaired) electrons. The molecule has 0 amide bonds. The van der Waals surface area contributed by atoms with Crippen LogP contribution in [0.4, 0.5) is 0 Å². The van der Waals surface area contributed by atoms with Gasteiger partial charge < -0.3 is 9.52 Å². The summed E-state index contributed by atoms with van der Waals surface area (Å²) in [6.45, 7) is 8.27. The molecule has 2 heteroatoms. The van der Waals surface area contributed by atoms with Crippen LogP contribution in [0.25, 0.3) is 0 Å². The van der Waals surface area contributed by atoms with Crippen LogP contribution in [0.3, 0.4) is 0 Å². The molecular weight excluding hydrogens is 224 g/mol. The maximum Gasteiger partial charge on any atom is 0.107 e. The summed E-state index contributed by atoms with van der Waals surface area (Å²) >= 11 is 0. The lowest BCUT2D eigenvalue weighted by atomic mass is 9.76. The standard InChI is InChI=1S/C16H26O2/c1-5-13-7-6-8-14(9-13)16(17)15-10(2)11(3)18-12(15)4/h13-14,16-17H,5-9H2,1-4H3. The van der Waals surface area contributed by atoms with Crippen LogP contribution >= 0.6 is 0 Å². The molecule has 1 N–H and O–H groups in total. The lowest BCUT2D eigenvalue weighted by Gasteiger charge is -2.32. The highest BCUT2D eigenvalue weighted by molar-refractivity contribution is 5.33. The normalized spacial score (nSPS) is 26.3. The van der Waals surface area contributed by atoms with Crippen molar-refractivity contribution in [1.29, 1.82) is 0 Å². The Bertz CT molecular complexity index is 405. The molecule has 0 saturated heterocycles. The first kappa shape index (κ1) is 13.7. The largest absolute Gasteiger partial charge is 0.466 e. The van der Waals surface area contributed by atoms with E-state index in [0.717, 1.165) is 35.0 Å². The van der Waals surface area contributed by atoms with Gasteiger partial charge in [0, 0.05) is 5.56 Å². The Balaban J connectivity index is 2.17. The Kier molecular flexibility index (Phi) is 4.16. The predicted molar refractivity (Wildman–Crippen MR) is 73.6 cm³/mol. The molecule has 3 atom stereocenters. The number of furan rings is 1. The molecule has 1 heterocycles. The SMILES string of the molecule is CCC1CCCC(C(O)c2c(C)oc(C)c2C)C1. The minimum Gasteiger partial charge on any atom is -0.466 e. The van der Waals surface area contributed by atoms with Crippen LogP contribution in [0.15, 0.2) is 4.42 Å². The van der Waals surface area contributed by atoms with Gasteiger partial charge in [0.25, 0.3) is 0 Å². The summed E-state index contributed by atoms with van der Waals surface area (Å²) in [6.07, 6.45) is 5.82. The van der Waals surface area contributed by atoms with E-state index in [4.69, 9.17) is 4.42 Å². The number of rotatable bonds is 3. The van der Waals surface area contributed by atoms with E-state index in [2.05, 4.69) is 13.8 Å². The molecule has 1 saturated carbocycles. The molecule has 0 bridgehead atoms. The first-order valence-corrected chi connectivity index (χ1v) is 7.29. The fourth-order valence-electron chi connectivity index (χ4n) is 3.47. The summed E-state index contributed by atoms with van der Waals surface area (Å²) in [6, 6.07) is 0. The van der Waals surface area contributed by atoms with Crippen molar-refractivity contribution in [3.63, 3.8) is 0 Å². The van der Waals surface area contributed by atoms with Crippen LogP contribution in [0.2, 0.25) is 0 Å². The zero-order valence-electron chi connectivity index (χ0n) is 12.1. The first-order valence-electron chi connectivity index (χ1n) is 7.29. The number of hydrogen-bond donors (Lipinski definition) is 1. The molecule has 0 aromatic carbocycles. The van der Waals surface area contributed by atoms with Crippen LogP contribution in [0, 0.1) is 32.6 Å². The van der Waals surface area contributed by atoms with Gasteiger partial charge in [-0.3, -0.25) is 0 Å². The lowest BCUT2D eigenvalue weighted by molar-refractivity contribution is 0.0663. The molecule has 1 fully saturated rings. The minimum absolute atomic E-state index is 0.336. The molecule has 1 aliphatic carbocycles. The fraction of sp³-hybridized carbons (Fsp3) is 0.750. The van der Waals surface area contributed by atoms with Crippen molar-refractivity contribution in [1.82, 2.24) is 0 Å². The highest BCUT2D eigenvalue weighted by Gasteiger charge is 2.30. The molecule has 1 aliphatic rings. The molecule has 3 unspecified atom stereocenters. The quantitative estimate of drug-likeness (QED) is 0.859. The van der Waals surface area contributed by atoms with E-state index in [-0.39, 0.29) is 6.10 Å². The molecule has 0 aliphatic heterocycles. The highest BCUT2D eigenvalue weighted by atomic mass is 16.3. The highest BCUT2D eigenvalue weighted by Crippen LogP contribution is 2.41. The average molecular weight is 250 g/mol. The second kappa shape index (κ2) is 5.48. The Labute approximate surface area is 110 Å². The van der Waals surface area contributed by atoms with Crippen LogP contribution in [-0.4, -0.2) is 5.11 Å². The molecule has 102 valence electrons. The van der Waals surface area contributed by atoms with Crippen molar-refractivity contribution in [3.8, 4) is 0 Å². The van der Waals surface area contributed by atoms with Crippen molar-refractivity contribution < 1.29 is 9.52 Å². The maximum atomic E-state index is 10.7. The minimum atomic E-state index is -0.336. The summed E-state index contributed by atoms with van der Waals surface area (Å²) in [5.41, 5.74) is 2.19. The van der Waals surface area contributed by atoms with Crippen molar-refractivity contribution in [2.75, 3.05) is 0 Å². The van der Waals surface area contributed by atoms with Crippen molar-refractivity contribution in [3.05, 3.63) is 22.6 Å². The molecular formula is C16H26O2. The van der Waals surface area contributed by atoms with E-state index < -0.39 is 0 Å². The van der Waals surface area contributed by atoms with Gasteiger partial charge in [0.15, 0.2) is 0 Å². The van der Waals surface area contributed by atoms with E-state index in [0.29, 0.717) is 5.92 Å². The second-order valence-electron chi connectivity index (χ2n) is 5.90. The van der Waals surface area contributed by atoms with Crippen LogP contribution in [0.5, 0.6) is 0 Å². The van der Waals surface area contributed by atoms with Crippen LogP contribution in [-0.2, 0) is 0 Å². The van der Waals surface area contributed by atoms with Gasteiger partial charge in [-0.1, -0.05) is 26.2 Å². The van der Waals surface area contributed by atoms with Crippen molar-refractivity contribution >= 4 is 0 Å². The van der Waals surface area contributed by atoms with E-state index in [1.165, 1.54) is 25.7 Å². The summed E-state index contributed by atoms with van der Waals surface area (Å²) in [5.74, 6) is 3.06. The maximum absolute atomic E-state index is 10.7. The topological polar surface area (TPSA) is 33.4 Å². The van der Waals surface area contributed by atoms with Gasteiger partial charge >= 0.3 is 0 Å². The van der Waals surface area contributed by atoms with E-state index >= 15 is 0 Å². The lowest BCUT2D eigenvalue weighted by Crippen LogP contribution is -2.22. The summed E-state index contributed by atoms with van der Waals surface area (Å²) in [7, 11) is 0. The Morgan fingerprint density at radius 2 is 1.94 bits per heavy atom. The van der Waals surface area contributed by atoms with Gasteiger partial charge in [0.05, 0.1) is 6.10 Å². The second-order valence-corrected chi connectivity index (χ2v) is 5.90. The molecule has 1 aromatic rings. The van der Waals surface area contributed by atoms with Crippen LogP contribution < -0.4 is 0 Å². The number of aliphatic hydroxyl groups is 1.